The van der Waals surface area contributed by atoms with Crippen LogP contribution in [0.2, 0.25) is 0 Å². The van der Waals surface area contributed by atoms with Crippen LogP contribution >= 0.6 is 15.9 Å². The van der Waals surface area contributed by atoms with E-state index >= 15 is 0 Å². The highest BCUT2D eigenvalue weighted by Gasteiger charge is 1.93. The van der Waals surface area contributed by atoms with Crippen LogP contribution in [-0.4, -0.2) is 31.4 Å². The highest BCUT2D eigenvalue weighted by Crippen LogP contribution is 2.10. The molecule has 0 fully saturated rings. The van der Waals surface area contributed by atoms with Gasteiger partial charge in [0.05, 0.1) is 5.69 Å². The molecule has 0 radical (unpaired) electrons. The summed E-state index contributed by atoms with van der Waals surface area (Å²) >= 11 is 3.44. The molecule has 0 saturated carbocycles. The maximum Gasteiger partial charge on any atom is 0.0590 e. The summed E-state index contributed by atoms with van der Waals surface area (Å²) in [6, 6.07) is 10.0. The van der Waals surface area contributed by atoms with Crippen LogP contribution in [0.5, 0.6) is 0 Å². The Hall–Kier alpha value is -1.68. The fourth-order valence-electron chi connectivity index (χ4n) is 1.86. The number of nitrogens with zero attached hydrogens (tertiary/aromatic N) is 3. The molecule has 1 rings (SSSR count). The summed E-state index contributed by atoms with van der Waals surface area (Å²) in [6.45, 7) is 0.916. The number of hydrogen-bond donors (Lipinski definition) is 0. The minimum Gasteiger partial charge on any atom is -0.293 e. The smallest absolute Gasteiger partial charge is 0.0590 e. The van der Waals surface area contributed by atoms with Crippen molar-refractivity contribution < 1.29 is 0 Å². The summed E-state index contributed by atoms with van der Waals surface area (Å²) in [4.78, 5) is 4.36. The molecular formula is C19H26BrN3. The molecule has 0 aliphatic heterocycles. The number of alkyl halides is 1. The summed E-state index contributed by atoms with van der Waals surface area (Å²) in [5, 5.41) is 7.27. The van der Waals surface area contributed by atoms with E-state index in [1.807, 2.05) is 72.9 Å². The SMILES string of the molecule is CN(/N=C/C=C/C=C\C=NCCCCCCBr)c1ccccc1. The Kier molecular flexibility index (Phi) is 11.7. The van der Waals surface area contributed by atoms with Gasteiger partial charge in [0.15, 0.2) is 0 Å². The Balaban J connectivity index is 2.14. The zero-order valence-corrected chi connectivity index (χ0v) is 15.4. The van der Waals surface area contributed by atoms with E-state index in [9.17, 15) is 0 Å². The third kappa shape index (κ3) is 10.6. The van der Waals surface area contributed by atoms with Gasteiger partial charge in [-0.3, -0.25) is 10.0 Å². The average molecular weight is 376 g/mol. The summed E-state index contributed by atoms with van der Waals surface area (Å²) in [5.74, 6) is 0. The van der Waals surface area contributed by atoms with E-state index < -0.39 is 0 Å². The van der Waals surface area contributed by atoms with E-state index in [0.29, 0.717) is 0 Å². The Bertz CT molecular complexity index is 507. The van der Waals surface area contributed by atoms with E-state index in [-0.39, 0.29) is 0 Å². The van der Waals surface area contributed by atoms with Gasteiger partial charge in [0.25, 0.3) is 0 Å². The van der Waals surface area contributed by atoms with E-state index in [1.165, 1.54) is 25.7 Å². The first-order valence-corrected chi connectivity index (χ1v) is 9.17. The van der Waals surface area contributed by atoms with Crippen molar-refractivity contribution in [1.82, 2.24) is 0 Å². The Morgan fingerprint density at radius 1 is 0.913 bits per heavy atom. The molecule has 3 nitrogen and oxygen atoms in total. The maximum atomic E-state index is 4.36. The van der Waals surface area contributed by atoms with Crippen LogP contribution < -0.4 is 5.01 Å². The highest BCUT2D eigenvalue weighted by atomic mass is 79.9. The first-order chi connectivity index (χ1) is 11.3. The van der Waals surface area contributed by atoms with Crippen LogP contribution in [0.15, 0.2) is 64.7 Å². The van der Waals surface area contributed by atoms with Crippen molar-refractivity contribution in [2.75, 3.05) is 23.9 Å². The number of aliphatic imine (C=N–C) groups is 1. The first kappa shape index (κ1) is 19.4. The second kappa shape index (κ2) is 13.9. The molecule has 0 saturated heterocycles. The molecule has 0 aromatic heterocycles. The monoisotopic (exact) mass is 375 g/mol. The van der Waals surface area contributed by atoms with Crippen molar-refractivity contribution in [3.05, 3.63) is 54.6 Å². The van der Waals surface area contributed by atoms with Crippen LogP contribution in [0.3, 0.4) is 0 Å². The van der Waals surface area contributed by atoms with Crippen LogP contribution in [0.4, 0.5) is 5.69 Å². The lowest BCUT2D eigenvalue weighted by atomic mass is 10.2. The number of para-hydroxylation sites is 1. The molecule has 0 heterocycles. The molecule has 1 aromatic carbocycles. The van der Waals surface area contributed by atoms with Crippen molar-refractivity contribution in [1.29, 1.82) is 0 Å². The first-order valence-electron chi connectivity index (χ1n) is 8.05. The lowest BCUT2D eigenvalue weighted by Crippen LogP contribution is -2.07. The van der Waals surface area contributed by atoms with Gasteiger partial charge in [-0.15, -0.1) is 0 Å². The average Bonchev–Trinajstić information content (AvgIpc) is 2.59. The predicted molar refractivity (Wildman–Crippen MR) is 107 cm³/mol. The van der Waals surface area contributed by atoms with Crippen molar-refractivity contribution in [3.8, 4) is 0 Å². The fraction of sp³-hybridized carbons (Fsp3) is 0.368. The fourth-order valence-corrected chi connectivity index (χ4v) is 2.26. The number of benzene rings is 1. The molecule has 0 aliphatic carbocycles. The van der Waals surface area contributed by atoms with Gasteiger partial charge in [0.2, 0.25) is 0 Å². The summed E-state index contributed by atoms with van der Waals surface area (Å²) in [5.41, 5.74) is 1.07. The van der Waals surface area contributed by atoms with Crippen molar-refractivity contribution >= 4 is 34.0 Å². The van der Waals surface area contributed by atoms with E-state index in [0.717, 1.165) is 17.6 Å². The zero-order chi connectivity index (χ0) is 16.6. The highest BCUT2D eigenvalue weighted by molar-refractivity contribution is 9.09. The number of unbranched alkanes of at least 4 members (excludes halogenated alkanes) is 3. The molecule has 124 valence electrons. The molecule has 0 N–H and O–H groups in total. The van der Waals surface area contributed by atoms with E-state index in [2.05, 4.69) is 26.0 Å². The van der Waals surface area contributed by atoms with Gasteiger partial charge in [0, 0.05) is 31.4 Å². The lowest BCUT2D eigenvalue weighted by molar-refractivity contribution is 0.681. The van der Waals surface area contributed by atoms with Crippen LogP contribution in [0.25, 0.3) is 0 Å². The number of halogens is 1. The lowest BCUT2D eigenvalue weighted by Gasteiger charge is -2.11. The van der Waals surface area contributed by atoms with Crippen LogP contribution in [-0.2, 0) is 0 Å². The third-order valence-corrected chi connectivity index (χ3v) is 3.71. The number of hydrazone groups is 1. The van der Waals surface area contributed by atoms with Gasteiger partial charge >= 0.3 is 0 Å². The van der Waals surface area contributed by atoms with E-state index in [1.54, 1.807) is 6.21 Å². The second-order valence-corrected chi connectivity index (χ2v) is 5.84. The topological polar surface area (TPSA) is 28.0 Å². The second-order valence-electron chi connectivity index (χ2n) is 5.05. The summed E-state index contributed by atoms with van der Waals surface area (Å²) in [7, 11) is 1.93. The van der Waals surface area contributed by atoms with Gasteiger partial charge in [-0.1, -0.05) is 59.1 Å². The third-order valence-electron chi connectivity index (χ3n) is 3.15. The largest absolute Gasteiger partial charge is 0.293 e. The summed E-state index contributed by atoms with van der Waals surface area (Å²) in [6.07, 6.45) is 16.4. The molecule has 0 amide bonds. The molecule has 0 bridgehead atoms. The van der Waals surface area contributed by atoms with Crippen LogP contribution in [0, 0.1) is 0 Å². The van der Waals surface area contributed by atoms with Gasteiger partial charge < -0.3 is 0 Å². The number of anilines is 1. The molecule has 1 aromatic rings. The van der Waals surface area contributed by atoms with Gasteiger partial charge in [-0.05, 0) is 37.1 Å². The van der Waals surface area contributed by atoms with Crippen molar-refractivity contribution in [3.63, 3.8) is 0 Å². The molecule has 23 heavy (non-hydrogen) atoms. The minimum absolute atomic E-state index is 0.916. The Labute approximate surface area is 148 Å². The van der Waals surface area contributed by atoms with Crippen LogP contribution in [0.1, 0.15) is 25.7 Å². The molecule has 0 aliphatic rings. The standard InChI is InChI=1S/C19H26BrN3/c1-23(19-13-7-6-8-14-19)22-18-12-5-4-11-17-21-16-10-3-2-9-15-20/h4-8,11-14,17-18H,2-3,9-10,15-16H2,1H3/b11-4-,12-5+,21-17?,22-18+. The normalized spacial score (nSPS) is 12.3. The molecular weight excluding hydrogens is 350 g/mol. The summed E-state index contributed by atoms with van der Waals surface area (Å²) < 4.78 is 0. The maximum absolute atomic E-state index is 4.36. The van der Waals surface area contributed by atoms with Crippen molar-refractivity contribution in [2.45, 2.75) is 25.7 Å². The Morgan fingerprint density at radius 2 is 1.61 bits per heavy atom. The van der Waals surface area contributed by atoms with E-state index in [4.69, 9.17) is 0 Å². The zero-order valence-electron chi connectivity index (χ0n) is 13.8. The predicted octanol–water partition coefficient (Wildman–Crippen LogP) is 5.25. The minimum atomic E-state index is 0.916. The molecule has 4 heteroatoms. The molecule has 0 atom stereocenters. The van der Waals surface area contributed by atoms with Gasteiger partial charge in [-0.2, -0.15) is 5.10 Å². The number of hydrogen-bond acceptors (Lipinski definition) is 3. The number of allylic oxidation sites excluding steroid dienone is 4. The molecule has 0 spiro atoms. The number of rotatable bonds is 11. The quantitative estimate of drug-likeness (QED) is 0.170. The van der Waals surface area contributed by atoms with Crippen molar-refractivity contribution in [2.24, 2.45) is 10.1 Å². The van der Waals surface area contributed by atoms with Gasteiger partial charge in [-0.25, -0.2) is 0 Å². The Morgan fingerprint density at radius 3 is 2.35 bits per heavy atom. The molecule has 0 unspecified atom stereocenters. The van der Waals surface area contributed by atoms with Gasteiger partial charge in [0.1, 0.15) is 0 Å².